The summed E-state index contributed by atoms with van der Waals surface area (Å²) in [4.78, 5) is 11.6. The normalized spacial score (nSPS) is 15.7. The summed E-state index contributed by atoms with van der Waals surface area (Å²) in [5, 5.41) is 30.0. The molecule has 0 aliphatic heterocycles. The molecule has 0 bridgehead atoms. The van der Waals surface area contributed by atoms with Crippen LogP contribution >= 0.6 is 0 Å². The number of carboxylic acids is 1. The molecule has 0 spiro atoms. The average molecular weight is 350 g/mol. The number of aliphatic carboxylic acids is 1. The lowest BCUT2D eigenvalue weighted by Gasteiger charge is -2.31. The number of halogens is 1. The van der Waals surface area contributed by atoms with E-state index in [1.165, 1.54) is 62.8 Å². The zero-order valence-corrected chi connectivity index (χ0v) is 13.7. The third-order valence-corrected chi connectivity index (χ3v) is 3.99. The van der Waals surface area contributed by atoms with Crippen molar-refractivity contribution < 1.29 is 34.0 Å². The Balaban J connectivity index is 2.39. The molecule has 0 fully saturated rings. The number of benzene rings is 2. The Morgan fingerprint density at radius 2 is 1.20 bits per heavy atom. The zero-order valence-electron chi connectivity index (χ0n) is 13.7. The van der Waals surface area contributed by atoms with E-state index < -0.39 is 23.8 Å². The molecule has 2 rings (SSSR count). The molecule has 25 heavy (non-hydrogen) atoms. The lowest BCUT2D eigenvalue weighted by atomic mass is 9.84. The van der Waals surface area contributed by atoms with Gasteiger partial charge in [-0.05, 0) is 35.4 Å². The maximum atomic E-state index is 15.3. The van der Waals surface area contributed by atoms with Gasteiger partial charge >= 0.3 is 5.97 Å². The highest BCUT2D eigenvalue weighted by atomic mass is 19.1. The molecule has 0 radical (unpaired) electrons. The lowest BCUT2D eigenvalue weighted by Crippen LogP contribution is -2.46. The monoisotopic (exact) mass is 350 g/mol. The predicted octanol–water partition coefficient (Wildman–Crippen LogP) is 2.26. The first-order valence-electron chi connectivity index (χ1n) is 7.41. The van der Waals surface area contributed by atoms with E-state index in [4.69, 9.17) is 9.47 Å². The van der Waals surface area contributed by atoms with Crippen molar-refractivity contribution in [1.82, 2.24) is 0 Å². The van der Waals surface area contributed by atoms with E-state index >= 15 is 4.39 Å². The minimum atomic E-state index is -3.34. The molecule has 134 valence electrons. The molecule has 0 saturated heterocycles. The second kappa shape index (κ2) is 7.50. The number of hydrogen-bond donors (Lipinski definition) is 3. The average Bonchev–Trinajstić information content (AvgIpc) is 2.66. The van der Waals surface area contributed by atoms with Crippen LogP contribution in [0.15, 0.2) is 48.5 Å². The second-order valence-electron chi connectivity index (χ2n) is 5.42. The highest BCUT2D eigenvalue weighted by Crippen LogP contribution is 2.41. The number of carboxylic acid groups (broad SMARTS) is 1. The van der Waals surface area contributed by atoms with Crippen molar-refractivity contribution in [3.05, 3.63) is 59.7 Å². The van der Waals surface area contributed by atoms with Crippen LogP contribution in [-0.4, -0.2) is 41.2 Å². The molecular formula is C18H19FO6. The van der Waals surface area contributed by atoms with Gasteiger partial charge in [-0.3, -0.25) is 0 Å². The maximum absolute atomic E-state index is 15.3. The van der Waals surface area contributed by atoms with Gasteiger partial charge in [0.2, 0.25) is 0 Å². The first kappa shape index (κ1) is 18.7. The molecule has 0 amide bonds. The molecule has 3 N–H and O–H groups in total. The molecule has 2 atom stereocenters. The molecule has 0 saturated carbocycles. The molecule has 7 heteroatoms. The first-order chi connectivity index (χ1) is 11.8. The van der Waals surface area contributed by atoms with Crippen molar-refractivity contribution >= 4 is 5.97 Å². The Kier molecular flexibility index (Phi) is 5.61. The van der Waals surface area contributed by atoms with Gasteiger partial charge in [0.15, 0.2) is 0 Å². The summed E-state index contributed by atoms with van der Waals surface area (Å²) in [6, 6.07) is 11.2. The molecule has 2 aromatic carbocycles. The minimum Gasteiger partial charge on any atom is -0.497 e. The number of hydrogen-bond acceptors (Lipinski definition) is 5. The molecule has 0 aliphatic rings. The Morgan fingerprint density at radius 3 is 1.44 bits per heavy atom. The molecule has 0 heterocycles. The van der Waals surface area contributed by atoms with Crippen LogP contribution < -0.4 is 9.47 Å². The van der Waals surface area contributed by atoms with E-state index in [-0.39, 0.29) is 11.1 Å². The van der Waals surface area contributed by atoms with Gasteiger partial charge in [0, 0.05) is 0 Å². The fraction of sp³-hybridized carbons (Fsp3) is 0.278. The predicted molar refractivity (Wildman–Crippen MR) is 87.4 cm³/mol. The van der Waals surface area contributed by atoms with Gasteiger partial charge in [-0.25, -0.2) is 9.18 Å². The summed E-state index contributed by atoms with van der Waals surface area (Å²) in [5.41, 5.74) is -3.35. The topological polar surface area (TPSA) is 96.2 Å². The summed E-state index contributed by atoms with van der Waals surface area (Å²) in [6.45, 7) is 0. The number of ether oxygens (including phenoxy) is 2. The highest BCUT2D eigenvalue weighted by molar-refractivity contribution is 5.80. The summed E-state index contributed by atoms with van der Waals surface area (Å²) >= 11 is 0. The van der Waals surface area contributed by atoms with Crippen molar-refractivity contribution in [2.45, 2.75) is 17.9 Å². The van der Waals surface area contributed by atoms with Gasteiger partial charge in [-0.1, -0.05) is 24.3 Å². The van der Waals surface area contributed by atoms with Crippen LogP contribution in [0.2, 0.25) is 0 Å². The number of aliphatic hydroxyl groups is 2. The molecule has 0 aliphatic carbocycles. The zero-order chi connectivity index (χ0) is 18.6. The van der Waals surface area contributed by atoms with E-state index in [9.17, 15) is 20.1 Å². The summed E-state index contributed by atoms with van der Waals surface area (Å²) < 4.78 is 25.2. The van der Waals surface area contributed by atoms with Crippen molar-refractivity contribution in [1.29, 1.82) is 0 Å². The van der Waals surface area contributed by atoms with E-state index in [2.05, 4.69) is 0 Å². The maximum Gasteiger partial charge on any atom is 0.347 e. The minimum absolute atomic E-state index is 0.00161. The van der Waals surface area contributed by atoms with E-state index in [0.29, 0.717) is 11.5 Å². The van der Waals surface area contributed by atoms with Crippen molar-refractivity contribution in [3.63, 3.8) is 0 Å². The van der Waals surface area contributed by atoms with Gasteiger partial charge in [-0.2, -0.15) is 0 Å². The van der Waals surface area contributed by atoms with Gasteiger partial charge in [0.05, 0.1) is 14.2 Å². The van der Waals surface area contributed by atoms with E-state index in [1.54, 1.807) is 0 Å². The van der Waals surface area contributed by atoms with Crippen LogP contribution in [-0.2, 0) is 4.79 Å². The number of carbonyl (C=O) groups is 1. The smallest absolute Gasteiger partial charge is 0.347 e. The van der Waals surface area contributed by atoms with Crippen LogP contribution in [0, 0.1) is 0 Å². The lowest BCUT2D eigenvalue weighted by molar-refractivity contribution is -0.175. The molecule has 2 unspecified atom stereocenters. The van der Waals surface area contributed by atoms with Crippen molar-refractivity contribution in [2.24, 2.45) is 0 Å². The molecule has 6 nitrogen and oxygen atoms in total. The summed E-state index contributed by atoms with van der Waals surface area (Å²) in [5.74, 6) is -1.04. The van der Waals surface area contributed by atoms with Crippen LogP contribution in [0.4, 0.5) is 4.39 Å². The van der Waals surface area contributed by atoms with E-state index in [1.807, 2.05) is 0 Å². The number of aliphatic hydroxyl groups excluding tert-OH is 2. The quantitative estimate of drug-likeness (QED) is 0.709. The Bertz CT molecular complexity index is 660. The van der Waals surface area contributed by atoms with Crippen LogP contribution in [0.5, 0.6) is 11.5 Å². The number of alkyl halides is 1. The van der Waals surface area contributed by atoms with Gasteiger partial charge in [0.1, 0.15) is 23.7 Å². The van der Waals surface area contributed by atoms with Crippen LogP contribution in [0.3, 0.4) is 0 Å². The number of methoxy groups -OCH3 is 2. The van der Waals surface area contributed by atoms with Gasteiger partial charge in [0.25, 0.3) is 5.67 Å². The van der Waals surface area contributed by atoms with Crippen molar-refractivity contribution in [2.75, 3.05) is 14.2 Å². The van der Waals surface area contributed by atoms with Crippen molar-refractivity contribution in [3.8, 4) is 11.5 Å². The largest absolute Gasteiger partial charge is 0.497 e. The summed E-state index contributed by atoms with van der Waals surface area (Å²) in [6.07, 6.45) is -4.18. The SMILES string of the molecule is COc1ccc(C(O)C(F)(C(=O)O)C(O)c2ccc(OC)cc2)cc1. The molecule has 2 aromatic rings. The molecule has 0 aromatic heterocycles. The van der Waals surface area contributed by atoms with Gasteiger partial charge in [-0.15, -0.1) is 0 Å². The van der Waals surface area contributed by atoms with Crippen LogP contribution in [0.1, 0.15) is 23.3 Å². The molecular weight excluding hydrogens is 331 g/mol. The first-order valence-corrected chi connectivity index (χ1v) is 7.41. The fourth-order valence-electron chi connectivity index (χ4n) is 2.44. The standard InChI is InChI=1S/C18H19FO6/c1-24-13-7-3-11(4-8-13)15(20)18(19,17(22)23)16(21)12-5-9-14(25-2)10-6-12/h3-10,15-16,20-21H,1-2H3,(H,22,23). The fourth-order valence-corrected chi connectivity index (χ4v) is 2.44. The number of rotatable bonds is 7. The second-order valence-corrected chi connectivity index (χ2v) is 5.42. The highest BCUT2D eigenvalue weighted by Gasteiger charge is 2.53. The summed E-state index contributed by atoms with van der Waals surface area (Å²) in [7, 11) is 2.88. The third-order valence-electron chi connectivity index (χ3n) is 3.99. The van der Waals surface area contributed by atoms with Gasteiger partial charge < -0.3 is 24.8 Å². The third kappa shape index (κ3) is 3.57. The Morgan fingerprint density at radius 1 is 0.880 bits per heavy atom. The van der Waals surface area contributed by atoms with E-state index in [0.717, 1.165) is 0 Å². The Hall–Kier alpha value is -2.64. The van der Waals surface area contributed by atoms with Crippen LogP contribution in [0.25, 0.3) is 0 Å². The Labute approximate surface area is 144 Å².